The predicted molar refractivity (Wildman–Crippen MR) is 54.0 cm³/mol. The monoisotopic (exact) mass is 197 g/mol. The van der Waals surface area contributed by atoms with Gasteiger partial charge in [0, 0.05) is 5.92 Å². The van der Waals surface area contributed by atoms with E-state index in [1.807, 2.05) is 0 Å². The van der Waals surface area contributed by atoms with Gasteiger partial charge in [0.25, 0.3) is 0 Å². The van der Waals surface area contributed by atoms with Gasteiger partial charge in [-0.3, -0.25) is 0 Å². The van der Waals surface area contributed by atoms with Gasteiger partial charge in [0.2, 0.25) is 0 Å². The van der Waals surface area contributed by atoms with Crippen LogP contribution in [0.1, 0.15) is 47.7 Å². The van der Waals surface area contributed by atoms with Gasteiger partial charge < -0.3 is 5.11 Å². The maximum Gasteiger partial charge on any atom is 0.0962 e. The van der Waals surface area contributed by atoms with Crippen molar-refractivity contribution in [2.75, 3.05) is 0 Å². The molecule has 0 bridgehead atoms. The smallest absolute Gasteiger partial charge is 0.0962 e. The second-order valence-electron chi connectivity index (χ2n) is 3.60. The number of aliphatic hydroxyl groups is 1. The third-order valence-corrected chi connectivity index (χ3v) is 3.60. The molecule has 0 amide bonds. The molecular formula is C10H15NOS. The SMILES string of the molecule is CCCc1nc(C2CC2)sc1CO. The number of aromatic nitrogens is 1. The molecule has 0 saturated heterocycles. The molecule has 2 nitrogen and oxygen atoms in total. The van der Waals surface area contributed by atoms with Crippen LogP contribution in [-0.2, 0) is 13.0 Å². The Morgan fingerprint density at radius 3 is 2.85 bits per heavy atom. The molecule has 13 heavy (non-hydrogen) atoms. The Morgan fingerprint density at radius 1 is 1.54 bits per heavy atom. The van der Waals surface area contributed by atoms with Crippen molar-refractivity contribution < 1.29 is 5.11 Å². The summed E-state index contributed by atoms with van der Waals surface area (Å²) in [5, 5.41) is 10.4. The lowest BCUT2D eigenvalue weighted by Gasteiger charge is -1.94. The number of hydrogen-bond donors (Lipinski definition) is 1. The maximum atomic E-state index is 9.13. The number of nitrogens with zero attached hydrogens (tertiary/aromatic N) is 1. The largest absolute Gasteiger partial charge is 0.391 e. The van der Waals surface area contributed by atoms with E-state index in [1.54, 1.807) is 11.3 Å². The van der Waals surface area contributed by atoms with Crippen molar-refractivity contribution in [3.05, 3.63) is 15.6 Å². The molecule has 0 aliphatic heterocycles. The summed E-state index contributed by atoms with van der Waals surface area (Å²) in [4.78, 5) is 5.68. The first-order valence-corrected chi connectivity index (χ1v) is 5.76. The van der Waals surface area contributed by atoms with Crippen LogP contribution in [0.5, 0.6) is 0 Å². The van der Waals surface area contributed by atoms with Crippen LogP contribution >= 0.6 is 11.3 Å². The van der Waals surface area contributed by atoms with Crippen LogP contribution in [0, 0.1) is 0 Å². The molecule has 2 rings (SSSR count). The quantitative estimate of drug-likeness (QED) is 0.804. The first kappa shape index (κ1) is 9.16. The Labute approximate surface area is 82.6 Å². The standard InChI is InChI=1S/C10H15NOS/c1-2-3-8-9(6-12)13-10(11-8)7-4-5-7/h7,12H,2-6H2,1H3. The van der Waals surface area contributed by atoms with Gasteiger partial charge in [-0.2, -0.15) is 0 Å². The van der Waals surface area contributed by atoms with Crippen LogP contribution in [0.2, 0.25) is 0 Å². The van der Waals surface area contributed by atoms with Crippen molar-refractivity contribution in [2.24, 2.45) is 0 Å². The molecule has 1 fully saturated rings. The van der Waals surface area contributed by atoms with Crippen molar-refractivity contribution in [2.45, 2.75) is 45.1 Å². The summed E-state index contributed by atoms with van der Waals surface area (Å²) in [6.45, 7) is 2.32. The third-order valence-electron chi connectivity index (χ3n) is 2.35. The van der Waals surface area contributed by atoms with E-state index in [4.69, 9.17) is 5.11 Å². The van der Waals surface area contributed by atoms with E-state index in [2.05, 4.69) is 11.9 Å². The zero-order valence-corrected chi connectivity index (χ0v) is 8.73. The van der Waals surface area contributed by atoms with E-state index in [1.165, 1.54) is 17.8 Å². The van der Waals surface area contributed by atoms with Crippen molar-refractivity contribution in [1.82, 2.24) is 4.98 Å². The molecule has 1 saturated carbocycles. The fraction of sp³-hybridized carbons (Fsp3) is 0.700. The normalized spacial score (nSPS) is 16.5. The average molecular weight is 197 g/mol. The van der Waals surface area contributed by atoms with Crippen LogP contribution in [0.3, 0.4) is 0 Å². The highest BCUT2D eigenvalue weighted by Crippen LogP contribution is 2.42. The Balaban J connectivity index is 2.20. The summed E-state index contributed by atoms with van der Waals surface area (Å²) in [5.74, 6) is 0.723. The zero-order chi connectivity index (χ0) is 9.26. The molecule has 0 spiro atoms. The first-order chi connectivity index (χ1) is 6.35. The van der Waals surface area contributed by atoms with Crippen LogP contribution in [0.25, 0.3) is 0 Å². The van der Waals surface area contributed by atoms with Crippen LogP contribution < -0.4 is 0 Å². The zero-order valence-electron chi connectivity index (χ0n) is 7.92. The lowest BCUT2D eigenvalue weighted by molar-refractivity contribution is 0.284. The first-order valence-electron chi connectivity index (χ1n) is 4.94. The van der Waals surface area contributed by atoms with Gasteiger partial charge in [-0.15, -0.1) is 11.3 Å². The van der Waals surface area contributed by atoms with Gasteiger partial charge >= 0.3 is 0 Å². The Bertz CT molecular complexity index is 291. The second-order valence-corrected chi connectivity index (χ2v) is 4.72. The molecule has 1 aliphatic rings. The van der Waals surface area contributed by atoms with E-state index in [0.717, 1.165) is 29.3 Å². The van der Waals surface area contributed by atoms with Gasteiger partial charge in [0.15, 0.2) is 0 Å². The number of hydrogen-bond acceptors (Lipinski definition) is 3. The highest BCUT2D eigenvalue weighted by Gasteiger charge is 2.27. The molecule has 72 valence electrons. The van der Waals surface area contributed by atoms with E-state index in [9.17, 15) is 0 Å². The highest BCUT2D eigenvalue weighted by molar-refractivity contribution is 7.11. The fourth-order valence-electron chi connectivity index (χ4n) is 1.46. The topological polar surface area (TPSA) is 33.1 Å². The van der Waals surface area contributed by atoms with Gasteiger partial charge in [-0.25, -0.2) is 4.98 Å². The Hall–Kier alpha value is -0.410. The Morgan fingerprint density at radius 2 is 2.31 bits per heavy atom. The van der Waals surface area contributed by atoms with Crippen molar-refractivity contribution in [3.8, 4) is 0 Å². The van der Waals surface area contributed by atoms with E-state index in [0.29, 0.717) is 0 Å². The molecule has 0 unspecified atom stereocenters. The number of aryl methyl sites for hydroxylation is 1. The lowest BCUT2D eigenvalue weighted by Crippen LogP contribution is -1.90. The molecule has 0 atom stereocenters. The molecule has 1 aromatic heterocycles. The van der Waals surface area contributed by atoms with Gasteiger partial charge in [0.05, 0.1) is 22.2 Å². The summed E-state index contributed by atoms with van der Waals surface area (Å²) in [7, 11) is 0. The summed E-state index contributed by atoms with van der Waals surface area (Å²) >= 11 is 1.71. The van der Waals surface area contributed by atoms with Gasteiger partial charge in [0.1, 0.15) is 0 Å². The van der Waals surface area contributed by atoms with Gasteiger partial charge in [-0.05, 0) is 19.3 Å². The van der Waals surface area contributed by atoms with Crippen molar-refractivity contribution in [1.29, 1.82) is 0 Å². The predicted octanol–water partition coefficient (Wildman–Crippen LogP) is 2.47. The lowest BCUT2D eigenvalue weighted by atomic mass is 10.2. The molecule has 0 aromatic carbocycles. The minimum atomic E-state index is 0.166. The molecule has 3 heteroatoms. The van der Waals surface area contributed by atoms with Crippen LogP contribution in [0.4, 0.5) is 0 Å². The average Bonchev–Trinajstić information content (AvgIpc) is 2.90. The van der Waals surface area contributed by atoms with E-state index >= 15 is 0 Å². The summed E-state index contributed by atoms with van der Waals surface area (Å²) < 4.78 is 0. The van der Waals surface area contributed by atoms with Crippen molar-refractivity contribution in [3.63, 3.8) is 0 Å². The van der Waals surface area contributed by atoms with Crippen LogP contribution in [0.15, 0.2) is 0 Å². The second kappa shape index (κ2) is 3.76. The fourth-order valence-corrected chi connectivity index (χ4v) is 2.60. The molecular weight excluding hydrogens is 182 g/mol. The van der Waals surface area contributed by atoms with E-state index in [-0.39, 0.29) is 6.61 Å². The highest BCUT2D eigenvalue weighted by atomic mass is 32.1. The maximum absolute atomic E-state index is 9.13. The number of aliphatic hydroxyl groups excluding tert-OH is 1. The molecule has 0 radical (unpaired) electrons. The Kier molecular flexibility index (Phi) is 2.65. The number of thiazole rings is 1. The van der Waals surface area contributed by atoms with Crippen molar-refractivity contribution >= 4 is 11.3 Å². The molecule has 1 aromatic rings. The molecule has 1 heterocycles. The summed E-state index contributed by atoms with van der Waals surface area (Å²) in [6, 6.07) is 0. The van der Waals surface area contributed by atoms with Crippen LogP contribution in [-0.4, -0.2) is 10.1 Å². The number of rotatable bonds is 4. The van der Waals surface area contributed by atoms with E-state index < -0.39 is 0 Å². The summed E-state index contributed by atoms with van der Waals surface area (Å²) in [5.41, 5.74) is 1.14. The third kappa shape index (κ3) is 1.92. The summed E-state index contributed by atoms with van der Waals surface area (Å²) in [6.07, 6.45) is 4.72. The minimum absolute atomic E-state index is 0.166. The molecule has 1 N–H and O–H groups in total. The molecule has 1 aliphatic carbocycles. The minimum Gasteiger partial charge on any atom is -0.391 e. The van der Waals surface area contributed by atoms with Gasteiger partial charge in [-0.1, -0.05) is 13.3 Å².